The summed E-state index contributed by atoms with van der Waals surface area (Å²) < 4.78 is 5.07. The maximum atomic E-state index is 11.8. The highest BCUT2D eigenvalue weighted by atomic mass is 16.6. The number of allylic oxidation sites excluding steroid dienone is 2. The molecule has 1 aliphatic heterocycles. The fraction of sp³-hybridized carbons (Fsp3) is 0.389. The van der Waals surface area contributed by atoms with Crippen LogP contribution in [0.4, 0.5) is 4.79 Å². The molecule has 0 bridgehead atoms. The summed E-state index contributed by atoms with van der Waals surface area (Å²) in [7, 11) is 0. The van der Waals surface area contributed by atoms with E-state index in [4.69, 9.17) is 4.74 Å². The molecule has 0 aliphatic carbocycles. The second-order valence-corrected chi connectivity index (χ2v) is 5.15. The molecular weight excluding hydrogens is 262 g/mol. The van der Waals surface area contributed by atoms with Crippen LogP contribution in [0.15, 0.2) is 54.3 Å². The van der Waals surface area contributed by atoms with E-state index in [0.29, 0.717) is 19.6 Å². The Balaban J connectivity index is 2.16. The van der Waals surface area contributed by atoms with Crippen LogP contribution < -0.4 is 0 Å². The monoisotopic (exact) mass is 285 g/mol. The maximum Gasteiger partial charge on any atom is 0.414 e. The van der Waals surface area contributed by atoms with E-state index in [1.807, 2.05) is 12.1 Å². The Morgan fingerprint density at radius 3 is 2.71 bits per heavy atom. The normalized spacial score (nSPS) is 15.7. The molecule has 21 heavy (non-hydrogen) atoms. The van der Waals surface area contributed by atoms with Crippen molar-refractivity contribution >= 4 is 6.09 Å². The summed E-state index contributed by atoms with van der Waals surface area (Å²) in [4.78, 5) is 13.6. The van der Waals surface area contributed by atoms with Gasteiger partial charge in [0.1, 0.15) is 6.61 Å². The van der Waals surface area contributed by atoms with Gasteiger partial charge in [-0.2, -0.15) is 0 Å². The Labute approximate surface area is 126 Å². The molecule has 0 atom stereocenters. The van der Waals surface area contributed by atoms with Crippen molar-refractivity contribution in [3.05, 3.63) is 59.8 Å². The second kappa shape index (κ2) is 7.67. The molecule has 1 saturated heterocycles. The molecule has 3 heteroatoms. The third-order valence-corrected chi connectivity index (χ3v) is 3.82. The highest BCUT2D eigenvalue weighted by Gasteiger charge is 2.26. The molecule has 1 aliphatic rings. The van der Waals surface area contributed by atoms with Crippen molar-refractivity contribution in [2.24, 2.45) is 0 Å². The third-order valence-electron chi connectivity index (χ3n) is 3.82. The molecule has 0 aromatic heterocycles. The quantitative estimate of drug-likeness (QED) is 0.699. The second-order valence-electron chi connectivity index (χ2n) is 5.15. The van der Waals surface area contributed by atoms with Crippen molar-refractivity contribution < 1.29 is 9.53 Å². The Kier molecular flexibility index (Phi) is 5.61. The van der Waals surface area contributed by atoms with Gasteiger partial charge in [-0.05, 0) is 24.8 Å². The summed E-state index contributed by atoms with van der Waals surface area (Å²) >= 11 is 0. The highest BCUT2D eigenvalue weighted by Crippen LogP contribution is 2.25. The molecule has 0 saturated carbocycles. The summed E-state index contributed by atoms with van der Waals surface area (Å²) in [5.41, 5.74) is 3.72. The molecule has 1 aromatic carbocycles. The topological polar surface area (TPSA) is 29.5 Å². The molecule has 0 spiro atoms. The first-order valence-corrected chi connectivity index (χ1v) is 7.56. The predicted octanol–water partition coefficient (Wildman–Crippen LogP) is 4.31. The van der Waals surface area contributed by atoms with Crippen molar-refractivity contribution in [1.82, 2.24) is 4.90 Å². The van der Waals surface area contributed by atoms with E-state index in [0.717, 1.165) is 25.0 Å². The Bertz CT molecular complexity index is 519. The first-order valence-electron chi connectivity index (χ1n) is 7.56. The zero-order valence-corrected chi connectivity index (χ0v) is 12.7. The molecule has 0 radical (unpaired) electrons. The van der Waals surface area contributed by atoms with E-state index in [2.05, 4.69) is 37.8 Å². The summed E-state index contributed by atoms with van der Waals surface area (Å²) in [5.74, 6) is 0. The first-order chi connectivity index (χ1) is 10.3. The van der Waals surface area contributed by atoms with E-state index >= 15 is 0 Å². The zero-order chi connectivity index (χ0) is 15.1. The van der Waals surface area contributed by atoms with Crippen molar-refractivity contribution in [3.8, 4) is 0 Å². The summed E-state index contributed by atoms with van der Waals surface area (Å²) in [5, 5.41) is 0. The molecule has 1 heterocycles. The van der Waals surface area contributed by atoms with Crippen LogP contribution in [0.2, 0.25) is 0 Å². The molecule has 3 nitrogen and oxygen atoms in total. The maximum absolute atomic E-state index is 11.8. The van der Waals surface area contributed by atoms with Crippen molar-refractivity contribution in [2.75, 3.05) is 13.2 Å². The fourth-order valence-corrected chi connectivity index (χ4v) is 2.69. The van der Waals surface area contributed by atoms with Crippen molar-refractivity contribution in [2.45, 2.75) is 32.6 Å². The van der Waals surface area contributed by atoms with Crippen LogP contribution in [-0.2, 0) is 11.2 Å². The number of aryl methyl sites for hydroxylation is 1. The fourth-order valence-electron chi connectivity index (χ4n) is 2.69. The number of hydrogen-bond donors (Lipinski definition) is 0. The third kappa shape index (κ3) is 3.97. The van der Waals surface area contributed by atoms with Gasteiger partial charge >= 0.3 is 6.09 Å². The number of benzene rings is 1. The van der Waals surface area contributed by atoms with Crippen LogP contribution in [0.1, 0.15) is 31.7 Å². The molecule has 2 rings (SSSR count). The minimum absolute atomic E-state index is 0.225. The Morgan fingerprint density at radius 1 is 1.38 bits per heavy atom. The van der Waals surface area contributed by atoms with Gasteiger partial charge in [0.05, 0.1) is 6.54 Å². The van der Waals surface area contributed by atoms with Crippen LogP contribution in [0, 0.1) is 0 Å². The van der Waals surface area contributed by atoms with Crippen LogP contribution >= 0.6 is 0 Å². The molecule has 112 valence electrons. The van der Waals surface area contributed by atoms with E-state index in [-0.39, 0.29) is 6.09 Å². The number of cyclic esters (lactones) is 1. The zero-order valence-electron chi connectivity index (χ0n) is 12.7. The SMILES string of the molecule is C=CC/C(=C(\CC)CCc1ccccc1)N1CCOC1=O. The van der Waals surface area contributed by atoms with Gasteiger partial charge in [0.15, 0.2) is 0 Å². The lowest BCUT2D eigenvalue weighted by Gasteiger charge is -2.21. The van der Waals surface area contributed by atoms with Gasteiger partial charge in [0.2, 0.25) is 0 Å². The molecule has 1 aromatic rings. The number of rotatable bonds is 7. The largest absolute Gasteiger partial charge is 0.447 e. The molecular formula is C18H23NO2. The van der Waals surface area contributed by atoms with Crippen LogP contribution in [-0.4, -0.2) is 24.1 Å². The lowest BCUT2D eigenvalue weighted by molar-refractivity contribution is 0.163. The van der Waals surface area contributed by atoms with Gasteiger partial charge in [0, 0.05) is 12.1 Å². The Hall–Kier alpha value is -2.03. The first kappa shape index (κ1) is 15.4. The van der Waals surface area contributed by atoms with Crippen LogP contribution in [0.25, 0.3) is 0 Å². The van der Waals surface area contributed by atoms with E-state index in [1.54, 1.807) is 4.90 Å². The number of carbonyl (C=O) groups is 1. The minimum Gasteiger partial charge on any atom is -0.447 e. The number of amides is 1. The van der Waals surface area contributed by atoms with Crippen LogP contribution in [0.5, 0.6) is 0 Å². The molecule has 0 unspecified atom stereocenters. The van der Waals surface area contributed by atoms with E-state index < -0.39 is 0 Å². The van der Waals surface area contributed by atoms with Gasteiger partial charge in [-0.15, -0.1) is 6.58 Å². The number of nitrogens with zero attached hydrogens (tertiary/aromatic N) is 1. The van der Waals surface area contributed by atoms with Crippen molar-refractivity contribution in [3.63, 3.8) is 0 Å². The van der Waals surface area contributed by atoms with Crippen molar-refractivity contribution in [1.29, 1.82) is 0 Å². The summed E-state index contributed by atoms with van der Waals surface area (Å²) in [6.07, 6.45) is 5.25. The average molecular weight is 285 g/mol. The average Bonchev–Trinajstić information content (AvgIpc) is 2.93. The standard InChI is InChI=1S/C18H23NO2/c1-3-8-17(19-13-14-21-18(19)20)16(4-2)12-11-15-9-6-5-7-10-15/h3,5-7,9-10H,1,4,8,11-14H2,2H3/b17-16-. The van der Waals surface area contributed by atoms with Gasteiger partial charge in [-0.3, -0.25) is 4.90 Å². The van der Waals surface area contributed by atoms with Gasteiger partial charge < -0.3 is 4.74 Å². The Morgan fingerprint density at radius 2 is 2.14 bits per heavy atom. The minimum atomic E-state index is -0.225. The molecule has 1 fully saturated rings. The van der Waals surface area contributed by atoms with Gasteiger partial charge in [-0.25, -0.2) is 4.79 Å². The summed E-state index contributed by atoms with van der Waals surface area (Å²) in [6, 6.07) is 10.4. The van der Waals surface area contributed by atoms with E-state index in [9.17, 15) is 4.79 Å². The predicted molar refractivity (Wildman–Crippen MR) is 84.9 cm³/mol. The number of ether oxygens (including phenoxy) is 1. The summed E-state index contributed by atoms with van der Waals surface area (Å²) in [6.45, 7) is 7.09. The number of hydrogen-bond acceptors (Lipinski definition) is 2. The smallest absolute Gasteiger partial charge is 0.414 e. The van der Waals surface area contributed by atoms with Gasteiger partial charge in [0.25, 0.3) is 0 Å². The lowest BCUT2D eigenvalue weighted by Crippen LogP contribution is -2.25. The van der Waals surface area contributed by atoms with Gasteiger partial charge in [-0.1, -0.05) is 48.9 Å². The highest BCUT2D eigenvalue weighted by molar-refractivity contribution is 5.72. The lowest BCUT2D eigenvalue weighted by atomic mass is 9.99. The number of carbonyl (C=O) groups excluding carboxylic acids is 1. The van der Waals surface area contributed by atoms with E-state index in [1.165, 1.54) is 11.1 Å². The van der Waals surface area contributed by atoms with Crippen LogP contribution in [0.3, 0.4) is 0 Å². The molecule has 1 amide bonds. The molecule has 0 N–H and O–H groups in total.